The third kappa shape index (κ3) is 2.58. The second-order valence-electron chi connectivity index (χ2n) is 3.12. The molecule has 0 N–H and O–H groups in total. The summed E-state index contributed by atoms with van der Waals surface area (Å²) in [5, 5.41) is 8.62. The lowest BCUT2D eigenvalue weighted by atomic mass is 10.2. The van der Waals surface area contributed by atoms with Gasteiger partial charge >= 0.3 is 0 Å². The Kier molecular flexibility index (Phi) is 3.89. The minimum atomic E-state index is -3.17. The molecule has 82 valence electrons. The summed E-state index contributed by atoms with van der Waals surface area (Å²) < 4.78 is 23.8. The van der Waals surface area contributed by atoms with Crippen LogP contribution in [-0.2, 0) is 22.7 Å². The molecule has 0 spiro atoms. The Hall–Kier alpha value is -0.860. The molecule has 5 heteroatoms. The average molecular weight is 243 g/mol. The molecule has 1 heterocycles. The number of nitrogens with zero attached hydrogens (tertiary/aromatic N) is 1. The van der Waals surface area contributed by atoms with Gasteiger partial charge in [-0.2, -0.15) is 5.26 Å². The normalized spacial score (nSPS) is 11.3. The number of sulfone groups is 1. The van der Waals surface area contributed by atoms with Crippen molar-refractivity contribution in [3.63, 3.8) is 0 Å². The van der Waals surface area contributed by atoms with Crippen LogP contribution in [0.3, 0.4) is 0 Å². The molecule has 0 radical (unpaired) electrons. The van der Waals surface area contributed by atoms with E-state index >= 15 is 0 Å². The van der Waals surface area contributed by atoms with Gasteiger partial charge in [0.2, 0.25) is 0 Å². The minimum Gasteiger partial charge on any atom is -0.223 e. The van der Waals surface area contributed by atoms with Crippen molar-refractivity contribution >= 4 is 21.2 Å². The smallest absolute Gasteiger partial charge is 0.187 e. The van der Waals surface area contributed by atoms with E-state index in [2.05, 4.69) is 0 Å². The van der Waals surface area contributed by atoms with Crippen molar-refractivity contribution in [1.29, 1.82) is 5.26 Å². The van der Waals surface area contributed by atoms with Gasteiger partial charge in [0.15, 0.2) is 9.84 Å². The molecule has 15 heavy (non-hydrogen) atoms. The number of aryl methyl sites for hydroxylation is 1. The van der Waals surface area contributed by atoms with E-state index in [1.165, 1.54) is 11.3 Å². The maximum absolute atomic E-state index is 11.7. The topological polar surface area (TPSA) is 57.9 Å². The highest BCUT2D eigenvalue weighted by Crippen LogP contribution is 2.28. The SMILES string of the molecule is CCc1cc(CC#N)c(S(=O)(=O)CC)s1. The van der Waals surface area contributed by atoms with Crippen LogP contribution in [0.25, 0.3) is 0 Å². The molecule has 0 amide bonds. The monoisotopic (exact) mass is 243 g/mol. The molecule has 0 atom stereocenters. The molecule has 0 fully saturated rings. The third-order valence-corrected chi connectivity index (χ3v) is 5.82. The van der Waals surface area contributed by atoms with Gasteiger partial charge in [-0.05, 0) is 18.1 Å². The Balaban J connectivity index is 3.28. The highest BCUT2D eigenvalue weighted by atomic mass is 32.2. The van der Waals surface area contributed by atoms with Gasteiger partial charge in [0.1, 0.15) is 4.21 Å². The summed E-state index contributed by atoms with van der Waals surface area (Å²) in [5.41, 5.74) is 0.654. The first kappa shape index (κ1) is 12.2. The molecule has 0 aliphatic rings. The molecule has 1 aromatic heterocycles. The standard InChI is InChI=1S/C10H13NO2S2/c1-3-9-7-8(5-6-11)10(14-9)15(12,13)4-2/h7H,3-5H2,1-2H3. The lowest BCUT2D eigenvalue weighted by Crippen LogP contribution is -2.03. The van der Waals surface area contributed by atoms with Crippen LogP contribution in [0.2, 0.25) is 0 Å². The van der Waals surface area contributed by atoms with E-state index in [4.69, 9.17) is 5.26 Å². The summed E-state index contributed by atoms with van der Waals surface area (Å²) in [4.78, 5) is 1.02. The number of hydrogen-bond donors (Lipinski definition) is 0. The molecular weight excluding hydrogens is 230 g/mol. The molecule has 1 aromatic rings. The summed E-state index contributed by atoms with van der Waals surface area (Å²) in [5.74, 6) is 0.0924. The summed E-state index contributed by atoms with van der Waals surface area (Å²) in [6.07, 6.45) is 0.980. The largest absolute Gasteiger partial charge is 0.223 e. The summed E-state index contributed by atoms with van der Waals surface area (Å²) in [6.45, 7) is 3.60. The van der Waals surface area contributed by atoms with E-state index in [0.29, 0.717) is 9.77 Å². The van der Waals surface area contributed by atoms with E-state index in [9.17, 15) is 8.42 Å². The zero-order valence-electron chi connectivity index (χ0n) is 8.78. The minimum absolute atomic E-state index is 0.0924. The molecule has 3 nitrogen and oxygen atoms in total. The maximum Gasteiger partial charge on any atom is 0.187 e. The summed E-state index contributed by atoms with van der Waals surface area (Å²) >= 11 is 1.29. The Bertz CT molecular complexity index is 480. The van der Waals surface area contributed by atoms with Crippen LogP contribution < -0.4 is 0 Å². The van der Waals surface area contributed by atoms with Crippen molar-refractivity contribution in [1.82, 2.24) is 0 Å². The van der Waals surface area contributed by atoms with Gasteiger partial charge in [-0.3, -0.25) is 0 Å². The van der Waals surface area contributed by atoms with E-state index in [0.717, 1.165) is 11.3 Å². The van der Waals surface area contributed by atoms with Crippen molar-refractivity contribution in [3.8, 4) is 6.07 Å². The zero-order chi connectivity index (χ0) is 11.5. The van der Waals surface area contributed by atoms with E-state index in [1.807, 2.05) is 19.1 Å². The predicted octanol–water partition coefficient (Wildman–Crippen LogP) is 2.17. The van der Waals surface area contributed by atoms with Crippen LogP contribution >= 0.6 is 11.3 Å². The van der Waals surface area contributed by atoms with Crippen LogP contribution in [0.15, 0.2) is 10.3 Å². The summed E-state index contributed by atoms with van der Waals surface area (Å²) in [7, 11) is -3.17. The molecule has 1 rings (SSSR count). The van der Waals surface area contributed by atoms with Crippen LogP contribution in [-0.4, -0.2) is 14.2 Å². The Morgan fingerprint density at radius 1 is 1.47 bits per heavy atom. The van der Waals surface area contributed by atoms with Crippen molar-refractivity contribution < 1.29 is 8.42 Å². The quantitative estimate of drug-likeness (QED) is 0.814. The lowest BCUT2D eigenvalue weighted by molar-refractivity contribution is 0.598. The third-order valence-electron chi connectivity index (χ3n) is 2.10. The molecular formula is C10H13NO2S2. The molecule has 0 unspecified atom stereocenters. The predicted molar refractivity (Wildman–Crippen MR) is 60.7 cm³/mol. The molecule has 0 aliphatic carbocycles. The highest BCUT2D eigenvalue weighted by molar-refractivity contribution is 7.93. The number of nitriles is 1. The van der Waals surface area contributed by atoms with Crippen LogP contribution in [0.4, 0.5) is 0 Å². The Morgan fingerprint density at radius 2 is 2.13 bits per heavy atom. The summed E-state index contributed by atoms with van der Waals surface area (Å²) in [6, 6.07) is 3.83. The van der Waals surface area contributed by atoms with Crippen molar-refractivity contribution in [2.75, 3.05) is 5.75 Å². The molecule has 0 aliphatic heterocycles. The molecule has 0 aromatic carbocycles. The first-order chi connectivity index (χ1) is 7.05. The molecule has 0 saturated carbocycles. The number of hydrogen-bond acceptors (Lipinski definition) is 4. The van der Waals surface area contributed by atoms with Crippen LogP contribution in [0.5, 0.6) is 0 Å². The zero-order valence-corrected chi connectivity index (χ0v) is 10.4. The van der Waals surface area contributed by atoms with Crippen LogP contribution in [0, 0.1) is 11.3 Å². The van der Waals surface area contributed by atoms with E-state index in [1.54, 1.807) is 6.92 Å². The fourth-order valence-corrected chi connectivity index (χ4v) is 4.07. The van der Waals surface area contributed by atoms with Gasteiger partial charge in [0, 0.05) is 4.88 Å². The van der Waals surface area contributed by atoms with Gasteiger partial charge in [0.05, 0.1) is 18.2 Å². The van der Waals surface area contributed by atoms with E-state index in [-0.39, 0.29) is 12.2 Å². The number of rotatable bonds is 4. The van der Waals surface area contributed by atoms with Gasteiger partial charge in [-0.15, -0.1) is 11.3 Å². The highest BCUT2D eigenvalue weighted by Gasteiger charge is 2.19. The fraction of sp³-hybridized carbons (Fsp3) is 0.500. The Labute approximate surface area is 94.3 Å². The van der Waals surface area contributed by atoms with E-state index < -0.39 is 9.84 Å². The first-order valence-electron chi connectivity index (χ1n) is 4.76. The van der Waals surface area contributed by atoms with Crippen LogP contribution in [0.1, 0.15) is 24.3 Å². The number of thiophene rings is 1. The molecule has 0 bridgehead atoms. The second kappa shape index (κ2) is 4.77. The first-order valence-corrected chi connectivity index (χ1v) is 7.23. The van der Waals surface area contributed by atoms with Gasteiger partial charge in [-0.25, -0.2) is 8.42 Å². The van der Waals surface area contributed by atoms with Crippen molar-refractivity contribution in [2.45, 2.75) is 30.9 Å². The fourth-order valence-electron chi connectivity index (χ4n) is 1.24. The van der Waals surface area contributed by atoms with Gasteiger partial charge < -0.3 is 0 Å². The van der Waals surface area contributed by atoms with Gasteiger partial charge in [-0.1, -0.05) is 13.8 Å². The van der Waals surface area contributed by atoms with Crippen molar-refractivity contribution in [3.05, 3.63) is 16.5 Å². The average Bonchev–Trinajstić information content (AvgIpc) is 2.62. The second-order valence-corrected chi connectivity index (χ2v) is 6.73. The Morgan fingerprint density at radius 3 is 2.60 bits per heavy atom. The maximum atomic E-state index is 11.7. The van der Waals surface area contributed by atoms with Crippen molar-refractivity contribution in [2.24, 2.45) is 0 Å². The lowest BCUT2D eigenvalue weighted by Gasteiger charge is -1.98. The van der Waals surface area contributed by atoms with Gasteiger partial charge in [0.25, 0.3) is 0 Å². The molecule has 0 saturated heterocycles.